The molecule has 0 radical (unpaired) electrons. The van der Waals surface area contributed by atoms with Crippen molar-refractivity contribution in [2.45, 2.75) is 51.6 Å². The summed E-state index contributed by atoms with van der Waals surface area (Å²) in [6.45, 7) is 1.52. The largest absolute Gasteiger partial charge is 0.453 e. The van der Waals surface area contributed by atoms with Crippen LogP contribution in [0.15, 0.2) is 11.4 Å². The van der Waals surface area contributed by atoms with Crippen LogP contribution in [0.2, 0.25) is 0 Å². The van der Waals surface area contributed by atoms with Gasteiger partial charge in [0.2, 0.25) is 0 Å². The lowest BCUT2D eigenvalue weighted by atomic mass is 9.87. The summed E-state index contributed by atoms with van der Waals surface area (Å²) in [4.78, 5) is 35.2. The summed E-state index contributed by atoms with van der Waals surface area (Å²) < 4.78 is 5.20. The molecule has 6 nitrogen and oxygen atoms in total. The van der Waals surface area contributed by atoms with Gasteiger partial charge in [0, 0.05) is 6.42 Å². The number of primary amides is 1. The lowest BCUT2D eigenvalue weighted by molar-refractivity contribution is -0.154. The quantitative estimate of drug-likeness (QED) is 0.779. The molecular formula is C16H22N2O4S. The first kappa shape index (κ1) is 17.5. The molecule has 2 amide bonds. The molecule has 0 aliphatic heterocycles. The molecule has 1 heterocycles. The van der Waals surface area contributed by atoms with Crippen molar-refractivity contribution in [1.82, 2.24) is 0 Å². The molecule has 0 spiro atoms. The topological polar surface area (TPSA) is 98.5 Å². The van der Waals surface area contributed by atoms with Crippen molar-refractivity contribution >= 4 is 34.1 Å². The molecule has 1 aromatic heterocycles. The third kappa shape index (κ3) is 5.06. The third-order valence-corrected chi connectivity index (χ3v) is 4.85. The number of rotatable bonds is 6. The highest BCUT2D eigenvalue weighted by Gasteiger charge is 2.23. The Hall–Kier alpha value is -1.89. The van der Waals surface area contributed by atoms with Gasteiger partial charge in [0.25, 0.3) is 11.8 Å². The molecule has 1 aliphatic rings. The fraction of sp³-hybridized carbons (Fsp3) is 0.562. The van der Waals surface area contributed by atoms with Gasteiger partial charge in [0.05, 0.1) is 5.56 Å². The summed E-state index contributed by atoms with van der Waals surface area (Å²) in [6.07, 6.45) is 5.09. The van der Waals surface area contributed by atoms with E-state index >= 15 is 0 Å². The standard InChI is InChI=1S/C16H22N2O4S/c1-10(22-13(19)9-11-5-3-2-4-6-11)15(21)18-16-12(14(17)20)7-8-23-16/h7-8,10-11H,2-6,9H2,1H3,(H2,17,20)(H,18,21)/t10-/m0/s1. The first-order chi connectivity index (χ1) is 11.0. The highest BCUT2D eigenvalue weighted by molar-refractivity contribution is 7.14. The molecule has 0 saturated heterocycles. The van der Waals surface area contributed by atoms with Crippen molar-refractivity contribution in [3.8, 4) is 0 Å². The van der Waals surface area contributed by atoms with E-state index in [1.807, 2.05) is 0 Å². The predicted octanol–water partition coefficient (Wildman–Crippen LogP) is 2.69. The van der Waals surface area contributed by atoms with Crippen LogP contribution in [0.1, 0.15) is 55.8 Å². The van der Waals surface area contributed by atoms with Gasteiger partial charge in [-0.15, -0.1) is 11.3 Å². The number of hydrogen-bond donors (Lipinski definition) is 2. The van der Waals surface area contributed by atoms with Crippen LogP contribution in [-0.4, -0.2) is 23.9 Å². The van der Waals surface area contributed by atoms with E-state index < -0.39 is 17.9 Å². The molecule has 1 atom stereocenters. The average Bonchev–Trinajstić information content (AvgIpc) is 2.96. The van der Waals surface area contributed by atoms with E-state index in [2.05, 4.69) is 5.32 Å². The number of carbonyl (C=O) groups excluding carboxylic acids is 3. The molecule has 3 N–H and O–H groups in total. The molecule has 23 heavy (non-hydrogen) atoms. The molecule has 1 fully saturated rings. The minimum atomic E-state index is -0.908. The van der Waals surface area contributed by atoms with Gasteiger partial charge in [0.15, 0.2) is 6.10 Å². The maximum absolute atomic E-state index is 12.1. The van der Waals surface area contributed by atoms with Gasteiger partial charge >= 0.3 is 5.97 Å². The lowest BCUT2D eigenvalue weighted by Crippen LogP contribution is -2.31. The number of ether oxygens (including phenoxy) is 1. The first-order valence-electron chi connectivity index (χ1n) is 7.85. The van der Waals surface area contributed by atoms with Crippen LogP contribution in [0.3, 0.4) is 0 Å². The van der Waals surface area contributed by atoms with Crippen molar-refractivity contribution < 1.29 is 19.1 Å². The first-order valence-corrected chi connectivity index (χ1v) is 8.73. The number of amides is 2. The zero-order valence-electron chi connectivity index (χ0n) is 13.2. The van der Waals surface area contributed by atoms with Crippen molar-refractivity contribution in [1.29, 1.82) is 0 Å². The Kier molecular flexibility index (Phi) is 6.15. The number of esters is 1. The van der Waals surface area contributed by atoms with Crippen molar-refractivity contribution in [3.05, 3.63) is 17.0 Å². The highest BCUT2D eigenvalue weighted by Crippen LogP contribution is 2.27. The van der Waals surface area contributed by atoms with Gasteiger partial charge in [0.1, 0.15) is 5.00 Å². The SMILES string of the molecule is C[C@H](OC(=O)CC1CCCCC1)C(=O)Nc1sccc1C(N)=O. The number of anilines is 1. The van der Waals surface area contributed by atoms with Gasteiger partial charge in [-0.1, -0.05) is 19.3 Å². The zero-order chi connectivity index (χ0) is 16.8. The second-order valence-electron chi connectivity index (χ2n) is 5.86. The van der Waals surface area contributed by atoms with Crippen LogP contribution in [0.5, 0.6) is 0 Å². The predicted molar refractivity (Wildman–Crippen MR) is 88.2 cm³/mol. The second-order valence-corrected chi connectivity index (χ2v) is 6.77. The Morgan fingerprint density at radius 1 is 1.35 bits per heavy atom. The van der Waals surface area contributed by atoms with Gasteiger partial charge in [-0.05, 0) is 37.1 Å². The number of nitrogens with one attached hydrogen (secondary N) is 1. The van der Waals surface area contributed by atoms with Gasteiger partial charge < -0.3 is 15.8 Å². The Morgan fingerprint density at radius 2 is 2.04 bits per heavy atom. The summed E-state index contributed by atoms with van der Waals surface area (Å²) in [5.74, 6) is -1.05. The summed E-state index contributed by atoms with van der Waals surface area (Å²) in [5.41, 5.74) is 5.48. The monoisotopic (exact) mass is 338 g/mol. The fourth-order valence-electron chi connectivity index (χ4n) is 2.74. The maximum Gasteiger partial charge on any atom is 0.306 e. The number of thiophene rings is 1. The van der Waals surface area contributed by atoms with E-state index in [4.69, 9.17) is 10.5 Å². The van der Waals surface area contributed by atoms with Crippen LogP contribution in [-0.2, 0) is 14.3 Å². The number of hydrogen-bond acceptors (Lipinski definition) is 5. The zero-order valence-corrected chi connectivity index (χ0v) is 14.0. The highest BCUT2D eigenvalue weighted by atomic mass is 32.1. The van der Waals surface area contributed by atoms with Crippen LogP contribution in [0.25, 0.3) is 0 Å². The second kappa shape index (κ2) is 8.10. The Labute approximate surface area is 139 Å². The van der Waals surface area contributed by atoms with E-state index in [9.17, 15) is 14.4 Å². The molecule has 0 bridgehead atoms. The van der Waals surface area contributed by atoms with E-state index in [1.54, 1.807) is 11.4 Å². The summed E-state index contributed by atoms with van der Waals surface area (Å²) >= 11 is 1.20. The normalized spacial score (nSPS) is 16.6. The van der Waals surface area contributed by atoms with E-state index in [0.29, 0.717) is 17.3 Å². The Morgan fingerprint density at radius 3 is 2.70 bits per heavy atom. The smallest absolute Gasteiger partial charge is 0.306 e. The van der Waals surface area contributed by atoms with Crippen LogP contribution in [0.4, 0.5) is 5.00 Å². The summed E-state index contributed by atoms with van der Waals surface area (Å²) in [5, 5.41) is 4.62. The summed E-state index contributed by atoms with van der Waals surface area (Å²) in [6, 6.07) is 1.54. The Bertz CT molecular complexity index is 578. The van der Waals surface area contributed by atoms with Crippen molar-refractivity contribution in [3.63, 3.8) is 0 Å². The lowest BCUT2D eigenvalue weighted by Gasteiger charge is -2.21. The van der Waals surface area contributed by atoms with E-state index in [-0.39, 0.29) is 11.5 Å². The van der Waals surface area contributed by atoms with E-state index in [1.165, 1.54) is 24.7 Å². The molecule has 0 unspecified atom stereocenters. The van der Waals surface area contributed by atoms with E-state index in [0.717, 1.165) is 25.7 Å². The molecule has 1 aliphatic carbocycles. The molecular weight excluding hydrogens is 316 g/mol. The van der Waals surface area contributed by atoms with Gasteiger partial charge in [-0.25, -0.2) is 0 Å². The number of carbonyl (C=O) groups is 3. The number of nitrogens with two attached hydrogens (primary N) is 1. The molecule has 7 heteroatoms. The Balaban J connectivity index is 1.83. The fourth-order valence-corrected chi connectivity index (χ4v) is 3.53. The van der Waals surface area contributed by atoms with Crippen LogP contribution >= 0.6 is 11.3 Å². The third-order valence-electron chi connectivity index (χ3n) is 4.02. The van der Waals surface area contributed by atoms with Crippen LogP contribution < -0.4 is 11.1 Å². The maximum atomic E-state index is 12.1. The minimum Gasteiger partial charge on any atom is -0.453 e. The molecule has 1 saturated carbocycles. The van der Waals surface area contributed by atoms with Gasteiger partial charge in [-0.2, -0.15) is 0 Å². The summed E-state index contributed by atoms with van der Waals surface area (Å²) in [7, 11) is 0. The molecule has 1 aromatic rings. The van der Waals surface area contributed by atoms with Gasteiger partial charge in [-0.3, -0.25) is 14.4 Å². The van der Waals surface area contributed by atoms with Crippen LogP contribution in [0, 0.1) is 5.92 Å². The molecule has 0 aromatic carbocycles. The molecule has 126 valence electrons. The van der Waals surface area contributed by atoms with Crippen molar-refractivity contribution in [2.75, 3.05) is 5.32 Å². The average molecular weight is 338 g/mol. The van der Waals surface area contributed by atoms with Crippen molar-refractivity contribution in [2.24, 2.45) is 11.7 Å². The minimum absolute atomic E-state index is 0.254. The molecule has 2 rings (SSSR count).